The lowest BCUT2D eigenvalue weighted by molar-refractivity contribution is -0.389. The van der Waals surface area contributed by atoms with Crippen molar-refractivity contribution < 1.29 is 18.1 Å². The molecule has 1 aliphatic rings. The van der Waals surface area contributed by atoms with Crippen molar-refractivity contribution in [2.24, 2.45) is 5.92 Å². The minimum Gasteiger partial charge on any atom is -0.358 e. The fraction of sp³-hybridized carbons (Fsp3) is 0.500. The Hall–Kier alpha value is -2.31. The number of sulfonamides is 1. The van der Waals surface area contributed by atoms with Gasteiger partial charge in [-0.2, -0.15) is 8.99 Å². The van der Waals surface area contributed by atoms with Gasteiger partial charge in [0.05, 0.1) is 29.3 Å². The highest BCUT2D eigenvalue weighted by atomic mass is 32.2. The molecule has 1 unspecified atom stereocenters. The molecule has 1 saturated heterocycles. The summed E-state index contributed by atoms with van der Waals surface area (Å²) in [5.41, 5.74) is 0.609. The van der Waals surface area contributed by atoms with Crippen LogP contribution in [-0.2, 0) is 21.4 Å². The summed E-state index contributed by atoms with van der Waals surface area (Å²) in [6, 6.07) is 4.64. The molecule has 0 saturated carbocycles. The minimum absolute atomic E-state index is 0.120. The van der Waals surface area contributed by atoms with Crippen LogP contribution < -0.4 is 0 Å². The molecule has 0 aromatic carbocycles. The van der Waals surface area contributed by atoms with E-state index in [4.69, 9.17) is 0 Å². The summed E-state index contributed by atoms with van der Waals surface area (Å²) in [5, 5.41) is 16.5. The second kappa shape index (κ2) is 7.97. The third-order valence-electron chi connectivity index (χ3n) is 4.66. The first-order valence-electron chi connectivity index (χ1n) is 8.71. The number of aromatic nitrogens is 2. The van der Waals surface area contributed by atoms with Crippen molar-refractivity contribution in [2.75, 3.05) is 26.2 Å². The quantitative estimate of drug-likeness (QED) is 0.507. The van der Waals surface area contributed by atoms with Crippen molar-refractivity contribution in [1.29, 1.82) is 0 Å². The van der Waals surface area contributed by atoms with Gasteiger partial charge in [-0.1, -0.05) is 13.0 Å². The fourth-order valence-corrected chi connectivity index (χ4v) is 5.67. The predicted octanol–water partition coefficient (Wildman–Crippen LogP) is 1.33. The van der Waals surface area contributed by atoms with Gasteiger partial charge in [-0.15, -0.1) is 11.3 Å². The molecular weight excluding hydrogens is 406 g/mol. The summed E-state index contributed by atoms with van der Waals surface area (Å²) in [7, 11) is -3.51. The van der Waals surface area contributed by atoms with E-state index in [1.165, 1.54) is 26.4 Å². The molecule has 2 aromatic rings. The van der Waals surface area contributed by atoms with Crippen LogP contribution in [0, 0.1) is 23.0 Å². The number of carbonyl (C=O) groups is 1. The normalized spacial score (nSPS) is 16.9. The van der Waals surface area contributed by atoms with E-state index >= 15 is 0 Å². The summed E-state index contributed by atoms with van der Waals surface area (Å²) >= 11 is 1.17. The Balaban J connectivity index is 1.60. The van der Waals surface area contributed by atoms with E-state index in [-0.39, 0.29) is 31.4 Å². The van der Waals surface area contributed by atoms with Crippen molar-refractivity contribution in [1.82, 2.24) is 19.0 Å². The Morgan fingerprint density at radius 3 is 2.57 bits per heavy atom. The van der Waals surface area contributed by atoms with E-state index in [1.807, 2.05) is 0 Å². The molecule has 0 aliphatic carbocycles. The van der Waals surface area contributed by atoms with Gasteiger partial charge in [0.1, 0.15) is 4.21 Å². The number of hydrogen-bond donors (Lipinski definition) is 0. The molecule has 0 N–H and O–H groups in total. The highest BCUT2D eigenvalue weighted by molar-refractivity contribution is 7.91. The van der Waals surface area contributed by atoms with E-state index in [2.05, 4.69) is 5.10 Å². The van der Waals surface area contributed by atoms with Crippen molar-refractivity contribution in [3.63, 3.8) is 0 Å². The standard InChI is InChI=1S/C16H21N5O5S2/c1-12(11-20-13(2)10-14(17-20)21(23)24)16(22)18-5-7-19(8-6-18)28(25,26)15-4-3-9-27-15/h3-4,9-10,12H,5-8,11H2,1-2H3. The van der Waals surface area contributed by atoms with Crippen LogP contribution in [0.25, 0.3) is 0 Å². The highest BCUT2D eigenvalue weighted by Crippen LogP contribution is 2.22. The summed E-state index contributed by atoms with van der Waals surface area (Å²) in [6.07, 6.45) is 0. The molecule has 0 spiro atoms. The number of thiophene rings is 1. The van der Waals surface area contributed by atoms with Gasteiger partial charge in [0.25, 0.3) is 10.0 Å². The minimum atomic E-state index is -3.51. The van der Waals surface area contributed by atoms with Crippen LogP contribution in [-0.4, -0.2) is 64.4 Å². The predicted molar refractivity (Wildman–Crippen MR) is 102 cm³/mol. The molecule has 28 heavy (non-hydrogen) atoms. The van der Waals surface area contributed by atoms with Crippen molar-refractivity contribution in [3.8, 4) is 0 Å². The van der Waals surface area contributed by atoms with Crippen molar-refractivity contribution >= 4 is 33.1 Å². The second-order valence-electron chi connectivity index (χ2n) is 6.65. The van der Waals surface area contributed by atoms with Gasteiger partial charge in [-0.25, -0.2) is 8.42 Å². The number of hydrogen-bond acceptors (Lipinski definition) is 7. The average molecular weight is 428 g/mol. The Morgan fingerprint density at radius 2 is 2.04 bits per heavy atom. The maximum atomic E-state index is 12.7. The summed E-state index contributed by atoms with van der Waals surface area (Å²) in [6.45, 7) is 4.77. The molecule has 1 atom stereocenters. The molecule has 1 fully saturated rings. The maximum Gasteiger partial charge on any atom is 0.390 e. The Bertz CT molecular complexity index is 962. The largest absolute Gasteiger partial charge is 0.390 e. The van der Waals surface area contributed by atoms with E-state index in [1.54, 1.807) is 36.3 Å². The molecule has 2 aromatic heterocycles. The molecular formula is C16H21N5O5S2. The van der Waals surface area contributed by atoms with Crippen LogP contribution in [0.5, 0.6) is 0 Å². The van der Waals surface area contributed by atoms with E-state index in [0.29, 0.717) is 23.0 Å². The Labute approximate surface area is 166 Å². The topological polar surface area (TPSA) is 119 Å². The first-order valence-corrected chi connectivity index (χ1v) is 11.0. The molecule has 12 heteroatoms. The summed E-state index contributed by atoms with van der Waals surface area (Å²) < 4.78 is 28.3. The van der Waals surface area contributed by atoms with Crippen LogP contribution in [0.15, 0.2) is 27.8 Å². The van der Waals surface area contributed by atoms with Crippen molar-refractivity contribution in [3.05, 3.63) is 39.4 Å². The third-order valence-corrected chi connectivity index (χ3v) is 7.93. The zero-order chi connectivity index (χ0) is 20.5. The van der Waals surface area contributed by atoms with Gasteiger partial charge in [0.2, 0.25) is 5.91 Å². The first-order chi connectivity index (χ1) is 13.2. The van der Waals surface area contributed by atoms with Gasteiger partial charge in [-0.05, 0) is 23.3 Å². The number of piperazine rings is 1. The van der Waals surface area contributed by atoms with Gasteiger partial charge >= 0.3 is 5.82 Å². The Kier molecular flexibility index (Phi) is 5.82. The number of carbonyl (C=O) groups excluding carboxylic acids is 1. The van der Waals surface area contributed by atoms with Gasteiger partial charge in [-0.3, -0.25) is 4.79 Å². The van der Waals surface area contributed by atoms with E-state index in [9.17, 15) is 23.3 Å². The average Bonchev–Trinajstić information content (AvgIpc) is 3.32. The van der Waals surface area contributed by atoms with Crippen LogP contribution in [0.4, 0.5) is 5.82 Å². The SMILES string of the molecule is Cc1cc([N+](=O)[O-])nn1CC(C)C(=O)N1CCN(S(=O)(=O)c2cccs2)CC1. The van der Waals surface area contributed by atoms with Crippen molar-refractivity contribution in [2.45, 2.75) is 24.6 Å². The van der Waals surface area contributed by atoms with E-state index < -0.39 is 20.9 Å². The molecule has 3 rings (SSSR count). The second-order valence-corrected chi connectivity index (χ2v) is 9.76. The number of amides is 1. The van der Waals surface area contributed by atoms with Gasteiger partial charge in [0, 0.05) is 26.2 Å². The number of rotatable bonds is 6. The zero-order valence-corrected chi connectivity index (χ0v) is 17.1. The van der Waals surface area contributed by atoms with Gasteiger partial charge < -0.3 is 15.0 Å². The lowest BCUT2D eigenvalue weighted by Gasteiger charge is -2.35. The first kappa shape index (κ1) is 20.4. The van der Waals surface area contributed by atoms with E-state index in [0.717, 1.165) is 0 Å². The summed E-state index contributed by atoms with van der Waals surface area (Å²) in [4.78, 5) is 24.6. The molecule has 3 heterocycles. The molecule has 1 aliphatic heterocycles. The smallest absolute Gasteiger partial charge is 0.358 e. The van der Waals surface area contributed by atoms with Crippen LogP contribution >= 0.6 is 11.3 Å². The molecule has 0 bridgehead atoms. The van der Waals surface area contributed by atoms with Crippen LogP contribution in [0.2, 0.25) is 0 Å². The number of nitrogens with zero attached hydrogens (tertiary/aromatic N) is 5. The zero-order valence-electron chi connectivity index (χ0n) is 15.5. The molecule has 152 valence electrons. The van der Waals surface area contributed by atoms with Crippen LogP contribution in [0.3, 0.4) is 0 Å². The summed E-state index contributed by atoms with van der Waals surface area (Å²) in [5.74, 6) is -0.797. The third kappa shape index (κ3) is 4.08. The molecule has 0 radical (unpaired) electrons. The van der Waals surface area contributed by atoms with Gasteiger partial charge in [0.15, 0.2) is 0 Å². The molecule has 10 nitrogen and oxygen atoms in total. The lowest BCUT2D eigenvalue weighted by atomic mass is 10.1. The number of nitro groups is 1. The highest BCUT2D eigenvalue weighted by Gasteiger charge is 2.32. The fourth-order valence-electron chi connectivity index (χ4n) is 3.10. The maximum absolute atomic E-state index is 12.7. The van der Waals surface area contributed by atoms with Crippen LogP contribution in [0.1, 0.15) is 12.6 Å². The Morgan fingerprint density at radius 1 is 1.36 bits per heavy atom. The molecule has 1 amide bonds. The number of aryl methyl sites for hydroxylation is 1. The monoisotopic (exact) mass is 427 g/mol. The lowest BCUT2D eigenvalue weighted by Crippen LogP contribution is -2.51.